The number of ether oxygens (including phenoxy) is 2. The lowest BCUT2D eigenvalue weighted by atomic mass is 10.1. The van der Waals surface area contributed by atoms with Crippen LogP contribution in [0.5, 0.6) is 11.5 Å². The molecule has 1 heterocycles. The van der Waals surface area contributed by atoms with Crippen molar-refractivity contribution in [3.8, 4) is 11.5 Å². The molecule has 9 heteroatoms. The standard InChI is InChI=1S/C21H23FN2O5S/c1-3-13-29-19-8-7-16(14-20(19)28-2)21(25)23-9-11-24(12-10-23)30(26,27)18-6-4-5-17(22)15-18/h3-8,14-15H,1,9-13H2,2H3. The lowest BCUT2D eigenvalue weighted by Gasteiger charge is -2.34. The average molecular weight is 434 g/mol. The Morgan fingerprint density at radius 3 is 2.50 bits per heavy atom. The van der Waals surface area contributed by atoms with E-state index in [2.05, 4.69) is 6.58 Å². The third kappa shape index (κ3) is 4.63. The van der Waals surface area contributed by atoms with E-state index in [1.54, 1.807) is 29.2 Å². The minimum atomic E-state index is -3.81. The topological polar surface area (TPSA) is 76.2 Å². The summed E-state index contributed by atoms with van der Waals surface area (Å²) >= 11 is 0. The van der Waals surface area contributed by atoms with Gasteiger partial charge in [0, 0.05) is 31.7 Å². The normalized spacial score (nSPS) is 14.9. The lowest BCUT2D eigenvalue weighted by molar-refractivity contribution is 0.0697. The average Bonchev–Trinajstić information content (AvgIpc) is 2.77. The molecular formula is C21H23FN2O5S. The summed E-state index contributed by atoms with van der Waals surface area (Å²) in [5.41, 5.74) is 0.416. The van der Waals surface area contributed by atoms with E-state index < -0.39 is 15.8 Å². The number of amides is 1. The molecule has 0 unspecified atom stereocenters. The highest BCUT2D eigenvalue weighted by Gasteiger charge is 2.30. The molecule has 0 radical (unpaired) electrons. The zero-order valence-electron chi connectivity index (χ0n) is 16.6. The highest BCUT2D eigenvalue weighted by Crippen LogP contribution is 2.29. The first-order valence-electron chi connectivity index (χ1n) is 9.33. The van der Waals surface area contributed by atoms with Crippen molar-refractivity contribution in [3.63, 3.8) is 0 Å². The molecule has 0 saturated carbocycles. The van der Waals surface area contributed by atoms with E-state index in [0.29, 0.717) is 23.7 Å². The predicted molar refractivity (Wildman–Crippen MR) is 110 cm³/mol. The van der Waals surface area contributed by atoms with Crippen molar-refractivity contribution >= 4 is 15.9 Å². The molecule has 7 nitrogen and oxygen atoms in total. The van der Waals surface area contributed by atoms with E-state index in [4.69, 9.17) is 9.47 Å². The van der Waals surface area contributed by atoms with Gasteiger partial charge in [-0.15, -0.1) is 0 Å². The molecule has 1 fully saturated rings. The summed E-state index contributed by atoms with van der Waals surface area (Å²) < 4.78 is 50.9. The van der Waals surface area contributed by atoms with Gasteiger partial charge in [0.2, 0.25) is 10.0 Å². The van der Waals surface area contributed by atoms with E-state index >= 15 is 0 Å². The van der Waals surface area contributed by atoms with Crippen LogP contribution in [0.25, 0.3) is 0 Å². The number of methoxy groups -OCH3 is 1. The van der Waals surface area contributed by atoms with Crippen molar-refractivity contribution in [1.82, 2.24) is 9.21 Å². The van der Waals surface area contributed by atoms with Crippen LogP contribution in [-0.4, -0.2) is 63.4 Å². The van der Waals surface area contributed by atoms with E-state index in [9.17, 15) is 17.6 Å². The number of sulfonamides is 1. The smallest absolute Gasteiger partial charge is 0.254 e. The third-order valence-electron chi connectivity index (χ3n) is 4.73. The van der Waals surface area contributed by atoms with Crippen molar-refractivity contribution in [1.29, 1.82) is 0 Å². The molecule has 160 valence electrons. The molecule has 0 aromatic heterocycles. The third-order valence-corrected chi connectivity index (χ3v) is 6.62. The Morgan fingerprint density at radius 2 is 1.87 bits per heavy atom. The summed E-state index contributed by atoms with van der Waals surface area (Å²) in [6.45, 7) is 4.61. The molecule has 0 N–H and O–H groups in total. The van der Waals surface area contributed by atoms with Gasteiger partial charge in [-0.2, -0.15) is 4.31 Å². The van der Waals surface area contributed by atoms with Crippen molar-refractivity contribution in [3.05, 3.63) is 66.5 Å². The maximum Gasteiger partial charge on any atom is 0.254 e. The lowest BCUT2D eigenvalue weighted by Crippen LogP contribution is -2.50. The van der Waals surface area contributed by atoms with Crippen LogP contribution in [0.2, 0.25) is 0 Å². The molecule has 0 aliphatic carbocycles. The molecule has 1 aliphatic rings. The second-order valence-corrected chi connectivity index (χ2v) is 8.56. The first-order valence-corrected chi connectivity index (χ1v) is 10.8. The van der Waals surface area contributed by atoms with Gasteiger partial charge in [-0.3, -0.25) is 4.79 Å². The minimum Gasteiger partial charge on any atom is -0.493 e. The van der Waals surface area contributed by atoms with Gasteiger partial charge in [0.05, 0.1) is 12.0 Å². The van der Waals surface area contributed by atoms with Gasteiger partial charge in [0.25, 0.3) is 5.91 Å². The van der Waals surface area contributed by atoms with E-state index in [1.165, 1.54) is 29.6 Å². The van der Waals surface area contributed by atoms with Crippen LogP contribution in [0, 0.1) is 5.82 Å². The highest BCUT2D eigenvalue weighted by atomic mass is 32.2. The van der Waals surface area contributed by atoms with Crippen LogP contribution in [0.4, 0.5) is 4.39 Å². The fraction of sp³-hybridized carbons (Fsp3) is 0.286. The van der Waals surface area contributed by atoms with Crippen LogP contribution in [0.1, 0.15) is 10.4 Å². The first-order chi connectivity index (χ1) is 14.4. The number of benzene rings is 2. The molecule has 0 atom stereocenters. The summed E-state index contributed by atoms with van der Waals surface area (Å²) in [6, 6.07) is 9.79. The predicted octanol–water partition coefficient (Wildman–Crippen LogP) is 2.55. The Balaban J connectivity index is 1.69. The zero-order valence-corrected chi connectivity index (χ0v) is 17.4. The fourth-order valence-electron chi connectivity index (χ4n) is 3.16. The number of hydrogen-bond acceptors (Lipinski definition) is 5. The second-order valence-electron chi connectivity index (χ2n) is 6.62. The van der Waals surface area contributed by atoms with Crippen molar-refractivity contribution in [2.75, 3.05) is 39.9 Å². The van der Waals surface area contributed by atoms with Crippen LogP contribution in [-0.2, 0) is 10.0 Å². The summed E-state index contributed by atoms with van der Waals surface area (Å²) in [6.07, 6.45) is 1.61. The maximum absolute atomic E-state index is 13.4. The van der Waals surface area contributed by atoms with Crippen molar-refractivity contribution < 1.29 is 27.1 Å². The Hall–Kier alpha value is -2.91. The molecule has 2 aromatic carbocycles. The van der Waals surface area contributed by atoms with Crippen LogP contribution in [0.3, 0.4) is 0 Å². The van der Waals surface area contributed by atoms with Gasteiger partial charge in [-0.1, -0.05) is 18.7 Å². The number of carbonyl (C=O) groups excluding carboxylic acids is 1. The number of nitrogens with zero attached hydrogens (tertiary/aromatic N) is 2. The summed E-state index contributed by atoms with van der Waals surface area (Å²) in [4.78, 5) is 14.3. The largest absolute Gasteiger partial charge is 0.493 e. The van der Waals surface area contributed by atoms with E-state index in [1.807, 2.05) is 0 Å². The molecule has 1 saturated heterocycles. The molecule has 2 aromatic rings. The Bertz CT molecular complexity index is 1030. The Morgan fingerprint density at radius 1 is 1.13 bits per heavy atom. The summed E-state index contributed by atoms with van der Waals surface area (Å²) in [5.74, 6) is 0.0840. The van der Waals surface area contributed by atoms with Crippen LogP contribution in [0.15, 0.2) is 60.0 Å². The van der Waals surface area contributed by atoms with E-state index in [-0.39, 0.29) is 37.0 Å². The van der Waals surface area contributed by atoms with Crippen LogP contribution < -0.4 is 9.47 Å². The fourth-order valence-corrected chi connectivity index (χ4v) is 4.61. The van der Waals surface area contributed by atoms with Crippen molar-refractivity contribution in [2.24, 2.45) is 0 Å². The molecule has 0 bridgehead atoms. The SMILES string of the molecule is C=CCOc1ccc(C(=O)N2CCN(S(=O)(=O)c3cccc(F)c3)CC2)cc1OC. The van der Waals surface area contributed by atoms with E-state index in [0.717, 1.165) is 6.07 Å². The van der Waals surface area contributed by atoms with Gasteiger partial charge < -0.3 is 14.4 Å². The quantitative estimate of drug-likeness (QED) is 0.626. The monoisotopic (exact) mass is 434 g/mol. The zero-order chi connectivity index (χ0) is 21.7. The number of hydrogen-bond donors (Lipinski definition) is 0. The molecule has 30 heavy (non-hydrogen) atoms. The number of rotatable bonds is 7. The molecule has 0 spiro atoms. The highest BCUT2D eigenvalue weighted by molar-refractivity contribution is 7.89. The first kappa shape index (κ1) is 21.8. The second kappa shape index (κ2) is 9.27. The molecule has 1 aliphatic heterocycles. The Labute approximate surface area is 175 Å². The van der Waals surface area contributed by atoms with Gasteiger partial charge >= 0.3 is 0 Å². The van der Waals surface area contributed by atoms with Crippen molar-refractivity contribution in [2.45, 2.75) is 4.90 Å². The molecule has 1 amide bonds. The maximum atomic E-state index is 13.4. The van der Waals surface area contributed by atoms with Gasteiger partial charge in [0.1, 0.15) is 12.4 Å². The van der Waals surface area contributed by atoms with Gasteiger partial charge in [-0.25, -0.2) is 12.8 Å². The molecular weight excluding hydrogens is 411 g/mol. The van der Waals surface area contributed by atoms with Crippen LogP contribution >= 0.6 is 0 Å². The minimum absolute atomic E-state index is 0.0953. The van der Waals surface area contributed by atoms with Gasteiger partial charge in [-0.05, 0) is 36.4 Å². The Kier molecular flexibility index (Phi) is 6.73. The summed E-state index contributed by atoms with van der Waals surface area (Å²) in [5, 5.41) is 0. The number of piperazine rings is 1. The number of carbonyl (C=O) groups is 1. The molecule has 3 rings (SSSR count). The van der Waals surface area contributed by atoms with Gasteiger partial charge in [0.15, 0.2) is 11.5 Å². The summed E-state index contributed by atoms with van der Waals surface area (Å²) in [7, 11) is -2.33. The number of halogens is 1.